The molecule has 3 aliphatic heterocycles. The van der Waals surface area contributed by atoms with Crippen molar-refractivity contribution in [3.8, 4) is 11.6 Å². The third kappa shape index (κ3) is 10.4. The number of hydrogen-bond acceptors (Lipinski definition) is 12. The van der Waals surface area contributed by atoms with E-state index in [1.165, 1.54) is 0 Å². The number of carbonyl (C=O) groups is 4. The molecule has 336 valence electrons. The van der Waals surface area contributed by atoms with Gasteiger partial charge in [-0.3, -0.25) is 19.1 Å². The summed E-state index contributed by atoms with van der Waals surface area (Å²) in [5.41, 5.74) is 3.78. The number of anilines is 1. The summed E-state index contributed by atoms with van der Waals surface area (Å²) in [6.07, 6.45) is 8.71. The van der Waals surface area contributed by atoms with Gasteiger partial charge in [-0.1, -0.05) is 26.0 Å². The van der Waals surface area contributed by atoms with Crippen LogP contribution in [-0.2, 0) is 33.9 Å². The summed E-state index contributed by atoms with van der Waals surface area (Å²) in [6, 6.07) is 4.81. The van der Waals surface area contributed by atoms with Gasteiger partial charge in [-0.25, -0.2) is 18.2 Å². The molecule has 2 saturated heterocycles. The molecule has 2 aliphatic carbocycles. The summed E-state index contributed by atoms with van der Waals surface area (Å²) < 4.78 is 49.8. The van der Waals surface area contributed by atoms with Crippen molar-refractivity contribution in [3.05, 3.63) is 36.5 Å². The summed E-state index contributed by atoms with van der Waals surface area (Å²) in [4.78, 5) is 60.6. The molecule has 4 amide bonds. The van der Waals surface area contributed by atoms with Crippen molar-refractivity contribution in [2.24, 2.45) is 23.5 Å². The molecule has 1 aromatic carbocycles. The molecule has 0 radical (unpaired) electrons. The minimum Gasteiger partial charge on any atom is -0.497 e. The van der Waals surface area contributed by atoms with Gasteiger partial charge in [-0.05, 0) is 96.3 Å². The van der Waals surface area contributed by atoms with Gasteiger partial charge >= 0.3 is 6.09 Å². The van der Waals surface area contributed by atoms with E-state index in [0.717, 1.165) is 48.8 Å². The molecule has 1 aromatic heterocycles. The lowest BCUT2D eigenvalue weighted by atomic mass is 9.91. The molecule has 0 bridgehead atoms. The first-order valence-corrected chi connectivity index (χ1v) is 22.5. The Kier molecular flexibility index (Phi) is 13.3. The molecular weight excluding hydrogens is 793 g/mol. The summed E-state index contributed by atoms with van der Waals surface area (Å²) >= 11 is 0. The van der Waals surface area contributed by atoms with Crippen molar-refractivity contribution in [2.45, 2.75) is 121 Å². The fourth-order valence-electron chi connectivity index (χ4n) is 8.34. The number of morpholine rings is 1. The second kappa shape index (κ2) is 17.8. The topological polar surface area (TPSA) is 209 Å². The van der Waals surface area contributed by atoms with E-state index in [9.17, 15) is 27.6 Å². The molecule has 60 heavy (non-hydrogen) atoms. The first-order chi connectivity index (χ1) is 28.2. The van der Waals surface area contributed by atoms with Gasteiger partial charge in [0.05, 0.1) is 43.5 Å². The number of nitrogens with one attached hydrogen (secondary N) is 2. The van der Waals surface area contributed by atoms with Crippen molar-refractivity contribution in [3.63, 3.8) is 0 Å². The van der Waals surface area contributed by atoms with Crippen LogP contribution in [0.15, 0.2) is 36.5 Å². The average molecular weight is 861 g/mol. The SMILES string of the molecule is CC(C)(C)OC(N)=O.COc1ccc2c(O[C@@H]3C[C@H]4C(=O)N[C@]5(C(=O)NS(=O)(=O)C6(C)CC6)C[C@H]5/C=C\CC[C@@H](C)C[C@@H](C)CC(=O)N4C3)ncc(N3CCOCC3)c2c1.[HH].[HH].[HH]. The lowest BCUT2D eigenvalue weighted by Crippen LogP contribution is -2.57. The van der Waals surface area contributed by atoms with Crippen molar-refractivity contribution in [1.82, 2.24) is 19.9 Å². The highest BCUT2D eigenvalue weighted by Gasteiger charge is 2.63. The molecule has 2 aromatic rings. The highest BCUT2D eigenvalue weighted by molar-refractivity contribution is 7.91. The molecule has 4 N–H and O–H groups in total. The standard InChI is InChI=1S/C38H51N5O8S.C5H11NO2.3H2/c1-24-7-5-6-8-26-21-38(26,36(46)41-52(47,48)37(3)11-12-37)40-34(45)31-20-28(23-43(31)33(44)18-25(2)17-24)51-35-29-10-9-27(49-4)19-30(29)32(22-39-35)42-13-15-50-16-14-42;1-5(2,3)8-4(6)7;;;/h6,8-10,19,22,24-26,28,31H,5,7,11-18,20-21,23H2,1-4H3,(H,40,45)(H,41,46);1-3H3,(H2,6,7);3*1H/b8-6-;;;;/t24-,25-,26-,28-,31+,38-;;;;/m1..../s1. The molecular formula is C43H68N6O10S. The quantitative estimate of drug-likeness (QED) is 0.302. The molecule has 4 fully saturated rings. The van der Waals surface area contributed by atoms with Gasteiger partial charge in [0.25, 0.3) is 5.91 Å². The van der Waals surface area contributed by atoms with Crippen LogP contribution in [0.2, 0.25) is 0 Å². The summed E-state index contributed by atoms with van der Waals surface area (Å²) in [7, 11) is -2.31. The number of methoxy groups -OCH3 is 1. The number of pyridine rings is 1. The average Bonchev–Trinajstić information content (AvgIpc) is 4.05. The fourth-order valence-corrected chi connectivity index (χ4v) is 9.65. The molecule has 5 aliphatic rings. The van der Waals surface area contributed by atoms with Crippen LogP contribution >= 0.6 is 0 Å². The monoisotopic (exact) mass is 860 g/mol. The van der Waals surface area contributed by atoms with Gasteiger partial charge in [-0.2, -0.15) is 0 Å². The number of amides is 4. The highest BCUT2D eigenvalue weighted by Crippen LogP contribution is 2.48. The van der Waals surface area contributed by atoms with Gasteiger partial charge in [-0.15, -0.1) is 0 Å². The second-order valence-corrected chi connectivity index (χ2v) is 20.5. The number of carbonyl (C=O) groups excluding carboxylic acids is 4. The van der Waals surface area contributed by atoms with Crippen LogP contribution in [0, 0.1) is 17.8 Å². The Hall–Kier alpha value is -4.64. The van der Waals surface area contributed by atoms with E-state index in [2.05, 4.69) is 33.5 Å². The first-order valence-electron chi connectivity index (χ1n) is 21.0. The normalized spacial score (nSPS) is 28.6. The molecule has 4 heterocycles. The maximum atomic E-state index is 14.3. The Morgan fingerprint density at radius 1 is 1.08 bits per heavy atom. The number of nitrogens with zero attached hydrogens (tertiary/aromatic N) is 3. The first kappa shape index (κ1) is 44.9. The molecule has 0 unspecified atom stereocenters. The maximum Gasteiger partial charge on any atom is 0.405 e. The molecule has 2 saturated carbocycles. The van der Waals surface area contributed by atoms with Crippen LogP contribution in [0.3, 0.4) is 0 Å². The van der Waals surface area contributed by atoms with Crippen molar-refractivity contribution < 1.29 is 50.8 Å². The van der Waals surface area contributed by atoms with Crippen molar-refractivity contribution >= 4 is 50.3 Å². The van der Waals surface area contributed by atoms with E-state index in [-0.39, 0.29) is 47.8 Å². The van der Waals surface area contributed by atoms with E-state index >= 15 is 0 Å². The minimum absolute atomic E-state index is 0. The number of fused-ring (bicyclic) bond motifs is 3. The van der Waals surface area contributed by atoms with Crippen LogP contribution < -0.4 is 30.1 Å². The predicted molar refractivity (Wildman–Crippen MR) is 232 cm³/mol. The van der Waals surface area contributed by atoms with Crippen LogP contribution in [0.25, 0.3) is 10.8 Å². The van der Waals surface area contributed by atoms with E-state index in [1.54, 1.807) is 45.9 Å². The van der Waals surface area contributed by atoms with Gasteiger partial charge < -0.3 is 39.8 Å². The minimum atomic E-state index is -3.93. The Morgan fingerprint density at radius 2 is 1.80 bits per heavy atom. The lowest BCUT2D eigenvalue weighted by molar-refractivity contribution is -0.140. The Morgan fingerprint density at radius 3 is 2.43 bits per heavy atom. The second-order valence-electron chi connectivity index (χ2n) is 18.3. The van der Waals surface area contributed by atoms with Crippen LogP contribution in [0.5, 0.6) is 11.6 Å². The molecule has 17 heteroatoms. The predicted octanol–water partition coefficient (Wildman–Crippen LogP) is 5.32. The number of nitrogens with two attached hydrogens (primary N) is 1. The van der Waals surface area contributed by atoms with Crippen LogP contribution in [0.4, 0.5) is 10.5 Å². The number of benzene rings is 1. The zero-order valence-electron chi connectivity index (χ0n) is 36.0. The number of aromatic nitrogens is 1. The molecule has 0 spiro atoms. The zero-order valence-corrected chi connectivity index (χ0v) is 36.8. The number of allylic oxidation sites excluding steroid dienone is 1. The van der Waals surface area contributed by atoms with E-state index in [4.69, 9.17) is 24.9 Å². The number of sulfonamides is 1. The fraction of sp³-hybridized carbons (Fsp3) is 0.651. The van der Waals surface area contributed by atoms with Gasteiger partial charge in [0.1, 0.15) is 29.0 Å². The third-order valence-electron chi connectivity index (χ3n) is 12.1. The third-order valence-corrected chi connectivity index (χ3v) is 14.2. The lowest BCUT2D eigenvalue weighted by Gasteiger charge is -2.30. The Bertz CT molecular complexity index is 2100. The van der Waals surface area contributed by atoms with E-state index < -0.39 is 56.0 Å². The van der Waals surface area contributed by atoms with Crippen molar-refractivity contribution in [1.29, 1.82) is 0 Å². The molecule has 7 rings (SSSR count). The Labute approximate surface area is 357 Å². The van der Waals surface area contributed by atoms with Gasteiger partial charge in [0.15, 0.2) is 0 Å². The molecule has 16 nitrogen and oxygen atoms in total. The summed E-state index contributed by atoms with van der Waals surface area (Å²) in [6.45, 7) is 14.0. The van der Waals surface area contributed by atoms with Crippen LogP contribution in [-0.4, -0.2) is 110 Å². The maximum absolute atomic E-state index is 14.3. The number of ether oxygens (including phenoxy) is 4. The number of rotatable bonds is 7. The summed E-state index contributed by atoms with van der Waals surface area (Å²) in [5, 5.41) is 4.64. The Balaban J connectivity index is 0.000000877. The van der Waals surface area contributed by atoms with E-state index in [1.807, 2.05) is 30.4 Å². The highest BCUT2D eigenvalue weighted by atomic mass is 32.2. The van der Waals surface area contributed by atoms with E-state index in [0.29, 0.717) is 43.6 Å². The van der Waals surface area contributed by atoms with Gasteiger partial charge in [0, 0.05) is 46.9 Å². The zero-order chi connectivity index (χ0) is 43.6. The van der Waals surface area contributed by atoms with Crippen LogP contribution in [0.1, 0.15) is 97.2 Å². The summed E-state index contributed by atoms with van der Waals surface area (Å²) in [5.74, 6) is -0.188. The largest absolute Gasteiger partial charge is 0.497 e. The van der Waals surface area contributed by atoms with Crippen molar-refractivity contribution in [2.75, 3.05) is 44.9 Å². The van der Waals surface area contributed by atoms with Gasteiger partial charge in [0.2, 0.25) is 27.7 Å². The number of primary amides is 1. The smallest absolute Gasteiger partial charge is 0.405 e. The molecule has 6 atom stereocenters. The number of hydrogen-bond donors (Lipinski definition) is 3.